The van der Waals surface area contributed by atoms with E-state index in [9.17, 15) is 9.90 Å². The SMILES string of the molecule is C=C(C)CNC(=O)C(O)c1ccccc1. The third-order valence-electron chi connectivity index (χ3n) is 1.93. The molecule has 3 heteroatoms. The minimum Gasteiger partial charge on any atom is -0.378 e. The molecule has 0 heterocycles. The Bertz CT molecular complexity index is 346. The van der Waals surface area contributed by atoms with E-state index in [2.05, 4.69) is 11.9 Å². The Labute approximate surface area is 89.4 Å². The summed E-state index contributed by atoms with van der Waals surface area (Å²) in [5.74, 6) is -0.399. The van der Waals surface area contributed by atoms with Gasteiger partial charge in [0.2, 0.25) is 0 Å². The summed E-state index contributed by atoms with van der Waals surface area (Å²) in [5.41, 5.74) is 1.44. The molecule has 1 amide bonds. The van der Waals surface area contributed by atoms with Crippen molar-refractivity contribution in [2.45, 2.75) is 13.0 Å². The maximum absolute atomic E-state index is 11.4. The quantitative estimate of drug-likeness (QED) is 0.730. The molecule has 1 unspecified atom stereocenters. The van der Waals surface area contributed by atoms with Crippen molar-refractivity contribution < 1.29 is 9.90 Å². The number of amides is 1. The van der Waals surface area contributed by atoms with E-state index in [1.807, 2.05) is 13.0 Å². The zero-order valence-electron chi connectivity index (χ0n) is 8.73. The number of carbonyl (C=O) groups is 1. The fourth-order valence-electron chi connectivity index (χ4n) is 1.12. The first-order chi connectivity index (χ1) is 7.11. The molecule has 80 valence electrons. The van der Waals surface area contributed by atoms with Crippen molar-refractivity contribution in [3.05, 3.63) is 48.0 Å². The maximum atomic E-state index is 11.4. The lowest BCUT2D eigenvalue weighted by Gasteiger charge is -2.11. The number of carbonyl (C=O) groups excluding carboxylic acids is 1. The molecule has 2 N–H and O–H groups in total. The Morgan fingerprint density at radius 1 is 1.47 bits per heavy atom. The van der Waals surface area contributed by atoms with Gasteiger partial charge in [0.05, 0.1) is 0 Å². The van der Waals surface area contributed by atoms with Crippen molar-refractivity contribution in [2.75, 3.05) is 6.54 Å². The minimum absolute atomic E-state index is 0.392. The molecular weight excluding hydrogens is 190 g/mol. The van der Waals surface area contributed by atoms with Gasteiger partial charge >= 0.3 is 0 Å². The van der Waals surface area contributed by atoms with Crippen molar-refractivity contribution in [1.82, 2.24) is 5.32 Å². The van der Waals surface area contributed by atoms with Crippen LogP contribution in [0.15, 0.2) is 42.5 Å². The van der Waals surface area contributed by atoms with Gasteiger partial charge in [0, 0.05) is 6.54 Å². The summed E-state index contributed by atoms with van der Waals surface area (Å²) in [6.45, 7) is 5.87. The van der Waals surface area contributed by atoms with Crippen molar-refractivity contribution in [1.29, 1.82) is 0 Å². The standard InChI is InChI=1S/C12H15NO2/c1-9(2)8-13-12(15)11(14)10-6-4-3-5-7-10/h3-7,11,14H,1,8H2,2H3,(H,13,15). The predicted octanol–water partition coefficient (Wildman–Crippen LogP) is 1.41. The van der Waals surface area contributed by atoms with E-state index in [1.54, 1.807) is 24.3 Å². The van der Waals surface area contributed by atoms with Crippen LogP contribution in [0.25, 0.3) is 0 Å². The molecule has 0 aliphatic heterocycles. The maximum Gasteiger partial charge on any atom is 0.253 e. The van der Waals surface area contributed by atoms with Crippen LogP contribution in [0.4, 0.5) is 0 Å². The van der Waals surface area contributed by atoms with Crippen LogP contribution in [0.1, 0.15) is 18.6 Å². The van der Waals surface area contributed by atoms with Crippen LogP contribution in [0.2, 0.25) is 0 Å². The summed E-state index contributed by atoms with van der Waals surface area (Å²) in [7, 11) is 0. The number of rotatable bonds is 4. The molecule has 0 aliphatic carbocycles. The summed E-state index contributed by atoms with van der Waals surface area (Å²) in [4.78, 5) is 11.4. The van der Waals surface area contributed by atoms with Crippen LogP contribution in [0.5, 0.6) is 0 Å². The topological polar surface area (TPSA) is 49.3 Å². The van der Waals surface area contributed by atoms with E-state index in [0.717, 1.165) is 5.57 Å². The van der Waals surface area contributed by atoms with Gasteiger partial charge in [-0.2, -0.15) is 0 Å². The third kappa shape index (κ3) is 3.56. The van der Waals surface area contributed by atoms with Crippen molar-refractivity contribution in [2.24, 2.45) is 0 Å². The molecule has 15 heavy (non-hydrogen) atoms. The van der Waals surface area contributed by atoms with Gasteiger partial charge in [-0.25, -0.2) is 0 Å². The highest BCUT2D eigenvalue weighted by Crippen LogP contribution is 2.11. The van der Waals surface area contributed by atoms with E-state index in [4.69, 9.17) is 0 Å². The van der Waals surface area contributed by atoms with Crippen LogP contribution < -0.4 is 5.32 Å². The van der Waals surface area contributed by atoms with Crippen LogP contribution in [0.3, 0.4) is 0 Å². The molecule has 1 aromatic carbocycles. The zero-order valence-corrected chi connectivity index (χ0v) is 8.73. The highest BCUT2D eigenvalue weighted by atomic mass is 16.3. The fraction of sp³-hybridized carbons (Fsp3) is 0.250. The van der Waals surface area contributed by atoms with E-state index in [1.165, 1.54) is 0 Å². The minimum atomic E-state index is -1.11. The second-order valence-electron chi connectivity index (χ2n) is 3.49. The highest BCUT2D eigenvalue weighted by molar-refractivity contribution is 5.82. The lowest BCUT2D eigenvalue weighted by atomic mass is 10.1. The van der Waals surface area contributed by atoms with Crippen LogP contribution in [-0.4, -0.2) is 17.6 Å². The summed E-state index contributed by atoms with van der Waals surface area (Å²) >= 11 is 0. The molecule has 1 aromatic rings. The number of nitrogens with one attached hydrogen (secondary N) is 1. The molecule has 3 nitrogen and oxygen atoms in total. The first-order valence-corrected chi connectivity index (χ1v) is 4.76. The van der Waals surface area contributed by atoms with Crippen LogP contribution in [0, 0.1) is 0 Å². The second kappa shape index (κ2) is 5.32. The lowest BCUT2D eigenvalue weighted by Crippen LogP contribution is -2.30. The van der Waals surface area contributed by atoms with Crippen LogP contribution >= 0.6 is 0 Å². The van der Waals surface area contributed by atoms with E-state index < -0.39 is 12.0 Å². The van der Waals surface area contributed by atoms with Crippen molar-refractivity contribution in [3.8, 4) is 0 Å². The van der Waals surface area contributed by atoms with Crippen molar-refractivity contribution >= 4 is 5.91 Å². The fourth-order valence-corrected chi connectivity index (χ4v) is 1.12. The van der Waals surface area contributed by atoms with Gasteiger partial charge < -0.3 is 10.4 Å². The molecule has 0 aromatic heterocycles. The number of aliphatic hydroxyl groups excluding tert-OH is 1. The normalized spacial score (nSPS) is 11.9. The Kier molecular flexibility index (Phi) is 4.06. The molecule has 0 radical (unpaired) electrons. The van der Waals surface area contributed by atoms with Gasteiger partial charge in [0.1, 0.15) is 0 Å². The van der Waals surface area contributed by atoms with Gasteiger partial charge in [0.15, 0.2) is 6.10 Å². The van der Waals surface area contributed by atoms with E-state index >= 15 is 0 Å². The van der Waals surface area contributed by atoms with Gasteiger partial charge in [-0.05, 0) is 12.5 Å². The first kappa shape index (κ1) is 11.5. The zero-order chi connectivity index (χ0) is 11.3. The second-order valence-corrected chi connectivity index (χ2v) is 3.49. The van der Waals surface area contributed by atoms with Gasteiger partial charge in [-0.1, -0.05) is 42.5 Å². The Balaban J connectivity index is 2.57. The largest absolute Gasteiger partial charge is 0.378 e. The molecule has 1 atom stereocenters. The third-order valence-corrected chi connectivity index (χ3v) is 1.93. The molecular formula is C12H15NO2. The highest BCUT2D eigenvalue weighted by Gasteiger charge is 2.15. The van der Waals surface area contributed by atoms with Gasteiger partial charge in [-0.3, -0.25) is 4.79 Å². The lowest BCUT2D eigenvalue weighted by molar-refractivity contribution is -0.129. The molecule has 0 fully saturated rings. The average Bonchev–Trinajstić information content (AvgIpc) is 2.26. The Morgan fingerprint density at radius 3 is 2.60 bits per heavy atom. The van der Waals surface area contributed by atoms with Crippen molar-refractivity contribution in [3.63, 3.8) is 0 Å². The Morgan fingerprint density at radius 2 is 2.07 bits per heavy atom. The number of hydrogen-bond acceptors (Lipinski definition) is 2. The molecule has 0 spiro atoms. The summed E-state index contributed by atoms with van der Waals surface area (Å²) < 4.78 is 0. The number of benzene rings is 1. The monoisotopic (exact) mass is 205 g/mol. The molecule has 0 aliphatic rings. The molecule has 0 bridgehead atoms. The molecule has 0 saturated heterocycles. The summed E-state index contributed by atoms with van der Waals surface area (Å²) in [6, 6.07) is 8.83. The number of hydrogen-bond donors (Lipinski definition) is 2. The summed E-state index contributed by atoms with van der Waals surface area (Å²) in [6.07, 6.45) is -1.11. The Hall–Kier alpha value is -1.61. The smallest absolute Gasteiger partial charge is 0.253 e. The molecule has 1 rings (SSSR count). The molecule has 0 saturated carbocycles. The first-order valence-electron chi connectivity index (χ1n) is 4.76. The average molecular weight is 205 g/mol. The predicted molar refractivity (Wildman–Crippen MR) is 59.2 cm³/mol. The van der Waals surface area contributed by atoms with E-state index in [-0.39, 0.29) is 0 Å². The van der Waals surface area contributed by atoms with Gasteiger partial charge in [-0.15, -0.1) is 0 Å². The van der Waals surface area contributed by atoms with E-state index in [0.29, 0.717) is 12.1 Å². The van der Waals surface area contributed by atoms with Crippen LogP contribution in [-0.2, 0) is 4.79 Å². The van der Waals surface area contributed by atoms with Gasteiger partial charge in [0.25, 0.3) is 5.91 Å². The summed E-state index contributed by atoms with van der Waals surface area (Å²) in [5, 5.41) is 12.3. The number of aliphatic hydroxyl groups is 1.